The molecule has 0 bridgehead atoms. The highest BCUT2D eigenvalue weighted by Crippen LogP contribution is 2.12. The van der Waals surface area contributed by atoms with Gasteiger partial charge in [0.2, 0.25) is 0 Å². The van der Waals surface area contributed by atoms with E-state index < -0.39 is 0 Å². The smallest absolute Gasteiger partial charge is 0.119 e. The van der Waals surface area contributed by atoms with Gasteiger partial charge in [-0.25, -0.2) is 0 Å². The zero-order valence-electron chi connectivity index (χ0n) is 7.97. The molecule has 1 rings (SSSR count). The fraction of sp³-hybridized carbons (Fsp3) is 0.300. The first-order valence-corrected chi connectivity index (χ1v) is 4.30. The molecule has 0 saturated carbocycles. The zero-order chi connectivity index (χ0) is 10.4. The first-order chi connectivity index (χ1) is 6.77. The summed E-state index contributed by atoms with van der Waals surface area (Å²) >= 11 is 0. The van der Waals surface area contributed by atoms with Gasteiger partial charge in [-0.05, 0) is 36.8 Å². The highest BCUT2D eigenvalue weighted by atomic mass is 16.5. The Bertz CT molecular complexity index is 306. The Balaban J connectivity index is 2.68. The lowest BCUT2D eigenvalue weighted by Gasteiger charge is -2.04. The molecule has 0 aliphatic rings. The summed E-state index contributed by atoms with van der Waals surface area (Å²) in [5.74, 6) is 0.688. The van der Waals surface area contributed by atoms with Crippen LogP contribution in [0.15, 0.2) is 29.4 Å². The van der Waals surface area contributed by atoms with Gasteiger partial charge < -0.3 is 15.1 Å². The van der Waals surface area contributed by atoms with Crippen molar-refractivity contribution in [2.45, 2.75) is 6.92 Å². The summed E-state index contributed by atoms with van der Waals surface area (Å²) in [6, 6.07) is 7.11. The Morgan fingerprint density at radius 2 is 2.00 bits per heavy atom. The molecule has 0 amide bonds. The average molecular weight is 195 g/mol. The molecule has 1 aromatic carbocycles. The van der Waals surface area contributed by atoms with E-state index in [9.17, 15) is 0 Å². The molecule has 0 saturated heterocycles. The molecule has 0 unspecified atom stereocenters. The summed E-state index contributed by atoms with van der Waals surface area (Å²) in [4.78, 5) is 0. The fourth-order valence-electron chi connectivity index (χ4n) is 1.01. The van der Waals surface area contributed by atoms with Crippen LogP contribution in [-0.4, -0.2) is 29.2 Å². The van der Waals surface area contributed by atoms with E-state index >= 15 is 0 Å². The fourth-order valence-corrected chi connectivity index (χ4v) is 1.01. The van der Waals surface area contributed by atoms with E-state index in [0.29, 0.717) is 11.5 Å². The molecule has 76 valence electrons. The Kier molecular flexibility index (Phi) is 3.94. The third kappa shape index (κ3) is 2.74. The Labute approximate surface area is 82.4 Å². The van der Waals surface area contributed by atoms with Crippen molar-refractivity contribution in [3.63, 3.8) is 0 Å². The van der Waals surface area contributed by atoms with Gasteiger partial charge >= 0.3 is 0 Å². The second-order valence-corrected chi connectivity index (χ2v) is 2.78. The Hall–Kier alpha value is -1.55. The lowest BCUT2D eigenvalue weighted by Crippen LogP contribution is -2.02. The minimum atomic E-state index is -0.00111. The lowest BCUT2D eigenvalue weighted by molar-refractivity contribution is 0.201. The van der Waals surface area contributed by atoms with Gasteiger partial charge in [0.15, 0.2) is 0 Å². The molecule has 0 aromatic heterocycles. The van der Waals surface area contributed by atoms with E-state index in [1.165, 1.54) is 0 Å². The second-order valence-electron chi connectivity index (χ2n) is 2.78. The van der Waals surface area contributed by atoms with Crippen LogP contribution in [0.25, 0.3) is 0 Å². The van der Waals surface area contributed by atoms with E-state index in [-0.39, 0.29) is 13.2 Å². The number of hydrogen-bond acceptors (Lipinski definition) is 4. The number of aliphatic hydroxyl groups is 1. The molecule has 0 fully saturated rings. The molecular formula is C10H13NO3. The van der Waals surface area contributed by atoms with Crippen LogP contribution in [0, 0.1) is 0 Å². The molecule has 2 N–H and O–H groups in total. The molecule has 1 aromatic rings. The number of nitrogens with zero attached hydrogens (tertiary/aromatic N) is 1. The monoisotopic (exact) mass is 195 g/mol. The van der Waals surface area contributed by atoms with Gasteiger partial charge in [0.05, 0.1) is 12.3 Å². The van der Waals surface area contributed by atoms with Crippen molar-refractivity contribution >= 4 is 5.71 Å². The SMILES string of the molecule is CC(=NO)c1ccc(OCCO)cc1. The largest absolute Gasteiger partial charge is 0.491 e. The van der Waals surface area contributed by atoms with Crippen molar-refractivity contribution in [3.8, 4) is 5.75 Å². The highest BCUT2D eigenvalue weighted by Gasteiger charge is 1.98. The number of benzene rings is 1. The molecular weight excluding hydrogens is 182 g/mol. The van der Waals surface area contributed by atoms with Crippen LogP contribution in [0.1, 0.15) is 12.5 Å². The van der Waals surface area contributed by atoms with Crippen LogP contribution in [0.5, 0.6) is 5.75 Å². The maximum absolute atomic E-state index is 8.53. The van der Waals surface area contributed by atoms with E-state index in [2.05, 4.69) is 5.16 Å². The summed E-state index contributed by atoms with van der Waals surface area (Å²) in [7, 11) is 0. The van der Waals surface area contributed by atoms with Gasteiger partial charge in [0.25, 0.3) is 0 Å². The van der Waals surface area contributed by atoms with Crippen molar-refractivity contribution in [2.75, 3.05) is 13.2 Å². The van der Waals surface area contributed by atoms with Gasteiger partial charge in [-0.3, -0.25) is 0 Å². The lowest BCUT2D eigenvalue weighted by atomic mass is 10.1. The molecule has 0 heterocycles. The Morgan fingerprint density at radius 1 is 1.36 bits per heavy atom. The summed E-state index contributed by atoms with van der Waals surface area (Å²) in [5.41, 5.74) is 1.39. The van der Waals surface area contributed by atoms with Gasteiger partial charge in [0.1, 0.15) is 12.4 Å². The minimum absolute atomic E-state index is 0.00111. The van der Waals surface area contributed by atoms with Crippen LogP contribution in [-0.2, 0) is 0 Å². The molecule has 0 aliphatic heterocycles. The highest BCUT2D eigenvalue weighted by molar-refractivity contribution is 5.98. The van der Waals surface area contributed by atoms with E-state index in [1.807, 2.05) is 0 Å². The van der Waals surface area contributed by atoms with Gasteiger partial charge in [0, 0.05) is 0 Å². The standard InChI is InChI=1S/C10H13NO3/c1-8(11-13)9-2-4-10(5-3-9)14-7-6-12/h2-5,12-13H,6-7H2,1H3. The quantitative estimate of drug-likeness (QED) is 0.432. The topological polar surface area (TPSA) is 62.1 Å². The maximum atomic E-state index is 8.53. The Morgan fingerprint density at radius 3 is 2.50 bits per heavy atom. The van der Waals surface area contributed by atoms with Gasteiger partial charge in [-0.2, -0.15) is 0 Å². The van der Waals surface area contributed by atoms with Crippen LogP contribution in [0.2, 0.25) is 0 Å². The molecule has 0 spiro atoms. The molecule has 14 heavy (non-hydrogen) atoms. The predicted octanol–water partition coefficient (Wildman–Crippen LogP) is 1.26. The van der Waals surface area contributed by atoms with Crippen molar-refractivity contribution in [1.29, 1.82) is 0 Å². The maximum Gasteiger partial charge on any atom is 0.119 e. The zero-order valence-corrected chi connectivity index (χ0v) is 7.97. The average Bonchev–Trinajstić information content (AvgIpc) is 2.26. The van der Waals surface area contributed by atoms with Crippen molar-refractivity contribution in [2.24, 2.45) is 5.16 Å². The van der Waals surface area contributed by atoms with E-state index in [1.54, 1.807) is 31.2 Å². The summed E-state index contributed by atoms with van der Waals surface area (Å²) in [5, 5.41) is 20.1. The molecule has 4 heteroatoms. The predicted molar refractivity (Wildman–Crippen MR) is 53.0 cm³/mol. The molecule has 0 aliphatic carbocycles. The number of oxime groups is 1. The van der Waals surface area contributed by atoms with Crippen molar-refractivity contribution in [1.82, 2.24) is 0 Å². The number of hydrogen-bond donors (Lipinski definition) is 2. The number of ether oxygens (including phenoxy) is 1. The van der Waals surface area contributed by atoms with E-state index in [0.717, 1.165) is 5.56 Å². The summed E-state index contributed by atoms with van der Waals surface area (Å²) in [6.45, 7) is 1.99. The van der Waals surface area contributed by atoms with Crippen LogP contribution in [0.4, 0.5) is 0 Å². The normalized spacial score (nSPS) is 11.4. The number of rotatable bonds is 4. The first kappa shape index (κ1) is 10.5. The van der Waals surface area contributed by atoms with Crippen LogP contribution < -0.4 is 4.74 Å². The second kappa shape index (κ2) is 5.24. The number of aliphatic hydroxyl groups excluding tert-OH is 1. The summed E-state index contributed by atoms with van der Waals surface area (Å²) < 4.78 is 5.17. The molecule has 0 radical (unpaired) electrons. The van der Waals surface area contributed by atoms with Crippen LogP contribution in [0.3, 0.4) is 0 Å². The van der Waals surface area contributed by atoms with Crippen molar-refractivity contribution < 1.29 is 15.1 Å². The molecule has 0 atom stereocenters. The minimum Gasteiger partial charge on any atom is -0.491 e. The third-order valence-electron chi connectivity index (χ3n) is 1.78. The van der Waals surface area contributed by atoms with Gasteiger partial charge in [-0.1, -0.05) is 5.16 Å². The first-order valence-electron chi connectivity index (χ1n) is 4.30. The van der Waals surface area contributed by atoms with Crippen molar-refractivity contribution in [3.05, 3.63) is 29.8 Å². The van der Waals surface area contributed by atoms with Crippen LogP contribution >= 0.6 is 0 Å². The van der Waals surface area contributed by atoms with Gasteiger partial charge in [-0.15, -0.1) is 0 Å². The van der Waals surface area contributed by atoms with E-state index in [4.69, 9.17) is 15.1 Å². The summed E-state index contributed by atoms with van der Waals surface area (Å²) in [6.07, 6.45) is 0. The third-order valence-corrected chi connectivity index (χ3v) is 1.78. The molecule has 4 nitrogen and oxygen atoms in total.